The van der Waals surface area contributed by atoms with Crippen molar-refractivity contribution in [2.45, 2.75) is 25.3 Å². The third-order valence-electron chi connectivity index (χ3n) is 6.82. The zero-order chi connectivity index (χ0) is 18.3. The van der Waals surface area contributed by atoms with Gasteiger partial charge in [0.15, 0.2) is 0 Å². The second kappa shape index (κ2) is 7.98. The molecular formula is C21H31ClN2O3. The van der Waals surface area contributed by atoms with Gasteiger partial charge in [0.2, 0.25) is 5.91 Å². The van der Waals surface area contributed by atoms with Crippen molar-refractivity contribution in [3.05, 3.63) is 29.8 Å². The van der Waals surface area contributed by atoms with E-state index in [-0.39, 0.29) is 17.8 Å². The Morgan fingerprint density at radius 1 is 1.15 bits per heavy atom. The molecule has 2 heterocycles. The Kier molecular flexibility index (Phi) is 6.04. The van der Waals surface area contributed by atoms with E-state index in [1.54, 1.807) is 14.2 Å². The summed E-state index contributed by atoms with van der Waals surface area (Å²) in [5.74, 6) is 2.30. The first-order valence-corrected chi connectivity index (χ1v) is 9.70. The minimum Gasteiger partial charge on any atom is -0.497 e. The molecule has 1 aromatic rings. The molecule has 27 heavy (non-hydrogen) atoms. The molecular weight excluding hydrogens is 364 g/mol. The van der Waals surface area contributed by atoms with Crippen LogP contribution in [0, 0.1) is 17.3 Å². The SMILES string of the molecule is COCC1(C(=O)N2C[C@@H]3CN(C)[C@H](c4ccc(OC)cc4)[C@@H]3C2)CCC1.Cl. The van der Waals surface area contributed by atoms with Crippen molar-refractivity contribution >= 4 is 18.3 Å². The van der Waals surface area contributed by atoms with Gasteiger partial charge >= 0.3 is 0 Å². The molecule has 4 rings (SSSR count). The number of likely N-dealkylation sites (tertiary alicyclic amines) is 2. The van der Waals surface area contributed by atoms with Crippen LogP contribution in [0.5, 0.6) is 5.75 Å². The van der Waals surface area contributed by atoms with Gasteiger partial charge in [-0.3, -0.25) is 9.69 Å². The predicted octanol–water partition coefficient (Wildman–Crippen LogP) is 2.99. The van der Waals surface area contributed by atoms with Crippen LogP contribution in [0.2, 0.25) is 0 Å². The number of rotatable bonds is 5. The van der Waals surface area contributed by atoms with Gasteiger partial charge in [-0.2, -0.15) is 0 Å². The van der Waals surface area contributed by atoms with Gasteiger partial charge in [0.05, 0.1) is 19.1 Å². The van der Waals surface area contributed by atoms with Crippen molar-refractivity contribution in [1.29, 1.82) is 0 Å². The summed E-state index contributed by atoms with van der Waals surface area (Å²) >= 11 is 0. The maximum absolute atomic E-state index is 13.2. The smallest absolute Gasteiger partial charge is 0.231 e. The molecule has 1 saturated carbocycles. The molecule has 1 aliphatic carbocycles. The molecule has 0 N–H and O–H groups in total. The highest BCUT2D eigenvalue weighted by Gasteiger charge is 2.52. The first-order chi connectivity index (χ1) is 12.6. The first-order valence-electron chi connectivity index (χ1n) is 9.70. The fraction of sp³-hybridized carbons (Fsp3) is 0.667. The largest absolute Gasteiger partial charge is 0.497 e. The molecule has 0 spiro atoms. The van der Waals surface area contributed by atoms with Crippen LogP contribution < -0.4 is 4.74 Å². The lowest BCUT2D eigenvalue weighted by Gasteiger charge is -2.42. The minimum absolute atomic E-state index is 0. The Labute approximate surface area is 168 Å². The summed E-state index contributed by atoms with van der Waals surface area (Å²) in [7, 11) is 5.61. The van der Waals surface area contributed by atoms with E-state index in [9.17, 15) is 4.79 Å². The van der Waals surface area contributed by atoms with Gasteiger partial charge in [-0.1, -0.05) is 18.6 Å². The van der Waals surface area contributed by atoms with Crippen LogP contribution in [-0.4, -0.2) is 63.2 Å². The molecule has 2 saturated heterocycles. The third-order valence-corrected chi connectivity index (χ3v) is 6.82. The Morgan fingerprint density at radius 3 is 2.41 bits per heavy atom. The number of methoxy groups -OCH3 is 2. The van der Waals surface area contributed by atoms with Crippen molar-refractivity contribution in [2.24, 2.45) is 17.3 Å². The lowest BCUT2D eigenvalue weighted by molar-refractivity contribution is -0.151. The third kappa shape index (κ3) is 3.45. The second-order valence-corrected chi connectivity index (χ2v) is 8.36. The number of halogens is 1. The summed E-state index contributed by atoms with van der Waals surface area (Å²) in [4.78, 5) is 17.8. The van der Waals surface area contributed by atoms with Crippen molar-refractivity contribution in [3.63, 3.8) is 0 Å². The van der Waals surface area contributed by atoms with Crippen LogP contribution in [0.3, 0.4) is 0 Å². The summed E-state index contributed by atoms with van der Waals surface area (Å²) in [6.45, 7) is 3.39. The Balaban J connectivity index is 0.00000210. The van der Waals surface area contributed by atoms with Crippen LogP contribution in [0.4, 0.5) is 0 Å². The number of carbonyl (C=O) groups is 1. The summed E-state index contributed by atoms with van der Waals surface area (Å²) in [6.07, 6.45) is 3.10. The van der Waals surface area contributed by atoms with Gasteiger partial charge in [-0.05, 0) is 43.5 Å². The highest BCUT2D eigenvalue weighted by Crippen LogP contribution is 2.48. The Hall–Kier alpha value is -1.30. The Bertz CT molecular complexity index is 662. The van der Waals surface area contributed by atoms with E-state index in [1.807, 2.05) is 12.1 Å². The van der Waals surface area contributed by atoms with Crippen molar-refractivity contribution < 1.29 is 14.3 Å². The molecule has 0 unspecified atom stereocenters. The Morgan fingerprint density at radius 2 is 1.85 bits per heavy atom. The van der Waals surface area contributed by atoms with E-state index in [1.165, 1.54) is 5.56 Å². The summed E-state index contributed by atoms with van der Waals surface area (Å²) in [5.41, 5.74) is 1.08. The molecule has 0 bridgehead atoms. The second-order valence-electron chi connectivity index (χ2n) is 8.36. The predicted molar refractivity (Wildman–Crippen MR) is 107 cm³/mol. The summed E-state index contributed by atoms with van der Waals surface area (Å²) in [5, 5.41) is 0. The lowest BCUT2D eigenvalue weighted by atomic mass is 9.68. The lowest BCUT2D eigenvalue weighted by Crippen LogP contribution is -2.50. The number of benzene rings is 1. The number of fused-ring (bicyclic) bond motifs is 1. The summed E-state index contributed by atoms with van der Waals surface area (Å²) < 4.78 is 10.7. The quantitative estimate of drug-likeness (QED) is 0.769. The first kappa shape index (κ1) is 20.4. The van der Waals surface area contributed by atoms with Gasteiger partial charge in [0, 0.05) is 38.7 Å². The fourth-order valence-corrected chi connectivity index (χ4v) is 5.36. The molecule has 2 aliphatic heterocycles. The van der Waals surface area contributed by atoms with E-state index in [0.29, 0.717) is 30.4 Å². The van der Waals surface area contributed by atoms with E-state index < -0.39 is 0 Å². The van der Waals surface area contributed by atoms with Gasteiger partial charge in [0.1, 0.15) is 5.75 Å². The van der Waals surface area contributed by atoms with Gasteiger partial charge in [-0.15, -0.1) is 12.4 Å². The van der Waals surface area contributed by atoms with Crippen molar-refractivity contribution in [2.75, 3.05) is 47.5 Å². The maximum Gasteiger partial charge on any atom is 0.231 e. The normalized spacial score (nSPS) is 29.0. The molecule has 3 fully saturated rings. The number of carbonyl (C=O) groups excluding carboxylic acids is 1. The van der Waals surface area contributed by atoms with E-state index in [0.717, 1.165) is 44.6 Å². The van der Waals surface area contributed by atoms with E-state index in [2.05, 4.69) is 29.0 Å². The van der Waals surface area contributed by atoms with Crippen LogP contribution in [-0.2, 0) is 9.53 Å². The minimum atomic E-state index is -0.241. The molecule has 0 radical (unpaired) electrons. The van der Waals surface area contributed by atoms with Crippen molar-refractivity contribution in [1.82, 2.24) is 9.80 Å². The average Bonchev–Trinajstić information content (AvgIpc) is 3.14. The number of ether oxygens (including phenoxy) is 2. The number of amides is 1. The highest BCUT2D eigenvalue weighted by atomic mass is 35.5. The maximum atomic E-state index is 13.2. The molecule has 1 aromatic carbocycles. The zero-order valence-electron chi connectivity index (χ0n) is 16.5. The molecule has 5 nitrogen and oxygen atoms in total. The highest BCUT2D eigenvalue weighted by molar-refractivity contribution is 5.85. The molecule has 3 atom stereocenters. The van der Waals surface area contributed by atoms with Gasteiger partial charge < -0.3 is 14.4 Å². The summed E-state index contributed by atoms with van der Waals surface area (Å²) in [6, 6.07) is 8.80. The zero-order valence-corrected chi connectivity index (χ0v) is 17.3. The monoisotopic (exact) mass is 394 g/mol. The topological polar surface area (TPSA) is 42.0 Å². The number of hydrogen-bond donors (Lipinski definition) is 0. The molecule has 0 aromatic heterocycles. The van der Waals surface area contributed by atoms with E-state index >= 15 is 0 Å². The number of nitrogens with zero attached hydrogens (tertiary/aromatic N) is 2. The fourth-order valence-electron chi connectivity index (χ4n) is 5.36. The molecule has 150 valence electrons. The van der Waals surface area contributed by atoms with Gasteiger partial charge in [-0.25, -0.2) is 0 Å². The van der Waals surface area contributed by atoms with Crippen LogP contribution >= 0.6 is 12.4 Å². The number of hydrogen-bond acceptors (Lipinski definition) is 4. The average molecular weight is 395 g/mol. The van der Waals surface area contributed by atoms with Crippen LogP contribution in [0.1, 0.15) is 30.9 Å². The van der Waals surface area contributed by atoms with Crippen LogP contribution in [0.15, 0.2) is 24.3 Å². The van der Waals surface area contributed by atoms with Gasteiger partial charge in [0.25, 0.3) is 0 Å². The van der Waals surface area contributed by atoms with Crippen molar-refractivity contribution in [3.8, 4) is 5.75 Å². The molecule has 1 amide bonds. The standard InChI is InChI=1S/C21H30N2O3.ClH/c1-22-11-16-12-23(20(24)21(14-25-2)9-4-10-21)13-18(16)19(22)15-5-7-17(26-3)8-6-15;/h5-8,16,18-19H,4,9-14H2,1-3H3;1H/t16-,18+,19+;/m0./s1. The van der Waals surface area contributed by atoms with Crippen LogP contribution in [0.25, 0.3) is 0 Å². The molecule has 6 heteroatoms. The van der Waals surface area contributed by atoms with E-state index in [4.69, 9.17) is 9.47 Å². The molecule has 3 aliphatic rings.